The standard InChI is InChI=1S/C18H25FN2O2/c1-14(13-15-3-5-16(19)6-4-15)18(22)21-10-7-17(8-11-21)23-12-2-9-20/h3-6,13,17H,2,7-12,20H2,1H3/b14-13-. The van der Waals surface area contributed by atoms with Crippen LogP contribution >= 0.6 is 0 Å². The summed E-state index contributed by atoms with van der Waals surface area (Å²) in [5, 5.41) is 0. The van der Waals surface area contributed by atoms with Gasteiger partial charge >= 0.3 is 0 Å². The lowest BCUT2D eigenvalue weighted by atomic mass is 10.1. The van der Waals surface area contributed by atoms with Crippen molar-refractivity contribution in [3.8, 4) is 0 Å². The molecule has 1 aromatic rings. The first kappa shape index (κ1) is 17.6. The molecule has 23 heavy (non-hydrogen) atoms. The first-order valence-corrected chi connectivity index (χ1v) is 8.15. The Kier molecular flexibility index (Phi) is 6.74. The minimum atomic E-state index is -0.275. The molecule has 0 aliphatic carbocycles. The van der Waals surface area contributed by atoms with E-state index in [0.717, 1.165) is 24.8 Å². The van der Waals surface area contributed by atoms with Gasteiger partial charge in [-0.2, -0.15) is 0 Å². The molecule has 5 heteroatoms. The average Bonchev–Trinajstić information content (AvgIpc) is 2.57. The summed E-state index contributed by atoms with van der Waals surface area (Å²) in [7, 11) is 0. The minimum absolute atomic E-state index is 0.0368. The van der Waals surface area contributed by atoms with Gasteiger partial charge in [-0.1, -0.05) is 12.1 Å². The molecule has 2 N–H and O–H groups in total. The van der Waals surface area contributed by atoms with E-state index in [2.05, 4.69) is 0 Å². The molecule has 1 amide bonds. The molecule has 4 nitrogen and oxygen atoms in total. The molecule has 1 aliphatic rings. The van der Waals surface area contributed by atoms with Crippen molar-refractivity contribution in [2.45, 2.75) is 32.3 Å². The van der Waals surface area contributed by atoms with E-state index in [0.29, 0.717) is 31.8 Å². The monoisotopic (exact) mass is 320 g/mol. The number of nitrogens with two attached hydrogens (primary N) is 1. The van der Waals surface area contributed by atoms with E-state index in [4.69, 9.17) is 10.5 Å². The van der Waals surface area contributed by atoms with Gasteiger partial charge < -0.3 is 15.4 Å². The fraction of sp³-hybridized carbons (Fsp3) is 0.500. The molecule has 1 saturated heterocycles. The smallest absolute Gasteiger partial charge is 0.249 e. The van der Waals surface area contributed by atoms with Gasteiger partial charge in [-0.25, -0.2) is 4.39 Å². The number of hydrogen-bond acceptors (Lipinski definition) is 3. The molecule has 1 heterocycles. The molecule has 0 bridgehead atoms. The van der Waals surface area contributed by atoms with Crippen molar-refractivity contribution in [1.82, 2.24) is 4.90 Å². The number of piperidine rings is 1. The van der Waals surface area contributed by atoms with Crippen LogP contribution in [-0.4, -0.2) is 43.2 Å². The fourth-order valence-corrected chi connectivity index (χ4v) is 2.68. The Morgan fingerprint density at radius 3 is 2.61 bits per heavy atom. The number of benzene rings is 1. The SMILES string of the molecule is C/C(=C/c1ccc(F)cc1)C(=O)N1CCC(OCCCN)CC1. The van der Waals surface area contributed by atoms with Gasteiger partial charge in [0.1, 0.15) is 5.82 Å². The second kappa shape index (κ2) is 8.79. The van der Waals surface area contributed by atoms with Gasteiger partial charge in [0.05, 0.1) is 6.10 Å². The van der Waals surface area contributed by atoms with E-state index in [1.807, 2.05) is 4.90 Å². The molecule has 1 aromatic carbocycles. The molecule has 126 valence electrons. The van der Waals surface area contributed by atoms with E-state index < -0.39 is 0 Å². The normalized spacial score (nSPS) is 16.7. The highest BCUT2D eigenvalue weighted by molar-refractivity contribution is 5.97. The van der Waals surface area contributed by atoms with Crippen LogP contribution in [0.2, 0.25) is 0 Å². The van der Waals surface area contributed by atoms with Crippen LogP contribution in [0.5, 0.6) is 0 Å². The largest absolute Gasteiger partial charge is 0.378 e. The molecular weight excluding hydrogens is 295 g/mol. The van der Waals surface area contributed by atoms with Crippen LogP contribution < -0.4 is 5.73 Å². The Labute approximate surface area is 137 Å². The fourth-order valence-electron chi connectivity index (χ4n) is 2.68. The highest BCUT2D eigenvalue weighted by atomic mass is 19.1. The Balaban J connectivity index is 1.85. The first-order valence-electron chi connectivity index (χ1n) is 8.15. The number of halogens is 1. The van der Waals surface area contributed by atoms with Crippen molar-refractivity contribution >= 4 is 12.0 Å². The summed E-state index contributed by atoms with van der Waals surface area (Å²) in [4.78, 5) is 14.3. The predicted octanol–water partition coefficient (Wildman–Crippen LogP) is 2.59. The number of nitrogens with zero attached hydrogens (tertiary/aromatic N) is 1. The van der Waals surface area contributed by atoms with Crippen LogP contribution in [0.3, 0.4) is 0 Å². The number of carbonyl (C=O) groups is 1. The van der Waals surface area contributed by atoms with Crippen LogP contribution in [-0.2, 0) is 9.53 Å². The zero-order chi connectivity index (χ0) is 16.7. The second-order valence-corrected chi connectivity index (χ2v) is 5.88. The second-order valence-electron chi connectivity index (χ2n) is 5.88. The van der Waals surface area contributed by atoms with Crippen LogP contribution in [0.1, 0.15) is 31.7 Å². The van der Waals surface area contributed by atoms with Gasteiger partial charge in [-0.3, -0.25) is 4.79 Å². The highest BCUT2D eigenvalue weighted by Gasteiger charge is 2.23. The third-order valence-corrected chi connectivity index (χ3v) is 4.02. The average molecular weight is 320 g/mol. The van der Waals surface area contributed by atoms with Gasteiger partial charge in [0.25, 0.3) is 0 Å². The molecule has 0 radical (unpaired) electrons. The van der Waals surface area contributed by atoms with Crippen molar-refractivity contribution in [3.63, 3.8) is 0 Å². The van der Waals surface area contributed by atoms with E-state index in [-0.39, 0.29) is 17.8 Å². The van der Waals surface area contributed by atoms with Crippen molar-refractivity contribution in [2.24, 2.45) is 5.73 Å². The molecule has 0 spiro atoms. The molecule has 0 unspecified atom stereocenters. The molecular formula is C18H25FN2O2. The highest BCUT2D eigenvalue weighted by Crippen LogP contribution is 2.17. The summed E-state index contributed by atoms with van der Waals surface area (Å²) >= 11 is 0. The van der Waals surface area contributed by atoms with E-state index in [1.54, 1.807) is 25.1 Å². The van der Waals surface area contributed by atoms with Gasteiger partial charge in [0, 0.05) is 25.3 Å². The van der Waals surface area contributed by atoms with Gasteiger partial charge in [0.2, 0.25) is 5.91 Å². The van der Waals surface area contributed by atoms with Crippen LogP contribution in [0.25, 0.3) is 6.08 Å². The van der Waals surface area contributed by atoms with Crippen molar-refractivity contribution in [2.75, 3.05) is 26.2 Å². The van der Waals surface area contributed by atoms with E-state index in [1.165, 1.54) is 12.1 Å². The third-order valence-electron chi connectivity index (χ3n) is 4.02. The van der Waals surface area contributed by atoms with Crippen LogP contribution in [0.15, 0.2) is 29.8 Å². The number of amides is 1. The lowest BCUT2D eigenvalue weighted by Gasteiger charge is -2.32. The minimum Gasteiger partial charge on any atom is -0.378 e. The summed E-state index contributed by atoms with van der Waals surface area (Å²) in [5.74, 6) is -0.238. The number of hydrogen-bond donors (Lipinski definition) is 1. The number of likely N-dealkylation sites (tertiary alicyclic amines) is 1. The summed E-state index contributed by atoms with van der Waals surface area (Å²) in [6.45, 7) is 4.56. The zero-order valence-corrected chi connectivity index (χ0v) is 13.6. The molecule has 1 aliphatic heterocycles. The Morgan fingerprint density at radius 1 is 1.35 bits per heavy atom. The number of ether oxygens (including phenoxy) is 1. The summed E-state index contributed by atoms with van der Waals surface area (Å²) in [6.07, 6.45) is 4.62. The Hall–Kier alpha value is -1.72. The number of carbonyl (C=O) groups excluding carboxylic acids is 1. The van der Waals surface area contributed by atoms with E-state index >= 15 is 0 Å². The zero-order valence-electron chi connectivity index (χ0n) is 13.6. The van der Waals surface area contributed by atoms with Crippen LogP contribution in [0, 0.1) is 5.82 Å². The summed E-state index contributed by atoms with van der Waals surface area (Å²) in [5.41, 5.74) is 6.95. The lowest BCUT2D eigenvalue weighted by Crippen LogP contribution is -2.41. The Bertz CT molecular complexity index is 534. The van der Waals surface area contributed by atoms with Gasteiger partial charge in [-0.15, -0.1) is 0 Å². The summed E-state index contributed by atoms with van der Waals surface area (Å²) < 4.78 is 18.7. The van der Waals surface area contributed by atoms with Crippen molar-refractivity contribution in [1.29, 1.82) is 0 Å². The molecule has 0 atom stereocenters. The Morgan fingerprint density at radius 2 is 2.00 bits per heavy atom. The van der Waals surface area contributed by atoms with Crippen LogP contribution in [0.4, 0.5) is 4.39 Å². The maximum Gasteiger partial charge on any atom is 0.249 e. The molecule has 2 rings (SSSR count). The third kappa shape index (κ3) is 5.44. The van der Waals surface area contributed by atoms with E-state index in [9.17, 15) is 9.18 Å². The topological polar surface area (TPSA) is 55.6 Å². The van der Waals surface area contributed by atoms with Gasteiger partial charge in [0.15, 0.2) is 0 Å². The predicted molar refractivity (Wildman–Crippen MR) is 89.3 cm³/mol. The van der Waals surface area contributed by atoms with Crippen molar-refractivity contribution in [3.05, 3.63) is 41.2 Å². The summed E-state index contributed by atoms with van der Waals surface area (Å²) in [6, 6.07) is 6.13. The maximum atomic E-state index is 12.9. The van der Waals surface area contributed by atoms with Crippen molar-refractivity contribution < 1.29 is 13.9 Å². The van der Waals surface area contributed by atoms with Gasteiger partial charge in [-0.05, 0) is 56.5 Å². The molecule has 0 saturated carbocycles. The first-order chi connectivity index (χ1) is 11.1. The maximum absolute atomic E-state index is 12.9. The lowest BCUT2D eigenvalue weighted by molar-refractivity contribution is -0.129. The quantitative estimate of drug-likeness (QED) is 0.647. The number of rotatable bonds is 6. The molecule has 1 fully saturated rings. The molecule has 0 aromatic heterocycles.